The molecule has 1 saturated heterocycles. The standard InChI is InChI=1S/C14H21NO/c1-13(2,3)10-14(8-9-15-14)11-6-4-5-7-12(11)16/h4-7,15-16H,8-10H2,1-3H3. The van der Waals surface area contributed by atoms with Gasteiger partial charge in [0.1, 0.15) is 5.75 Å². The summed E-state index contributed by atoms with van der Waals surface area (Å²) in [5, 5.41) is 13.5. The fraction of sp³-hybridized carbons (Fsp3) is 0.571. The van der Waals surface area contributed by atoms with Crippen LogP contribution < -0.4 is 5.32 Å². The molecule has 1 aliphatic heterocycles. The van der Waals surface area contributed by atoms with Crippen LogP contribution in [0.3, 0.4) is 0 Å². The zero-order chi connectivity index (χ0) is 11.8. The summed E-state index contributed by atoms with van der Waals surface area (Å²) in [4.78, 5) is 0. The maximum absolute atomic E-state index is 9.97. The van der Waals surface area contributed by atoms with Gasteiger partial charge in [-0.3, -0.25) is 0 Å². The molecule has 1 fully saturated rings. The second-order valence-electron chi connectivity index (χ2n) is 6.01. The van der Waals surface area contributed by atoms with E-state index in [0.29, 0.717) is 5.75 Å². The normalized spacial score (nSPS) is 25.2. The number of hydrogen-bond acceptors (Lipinski definition) is 2. The van der Waals surface area contributed by atoms with Gasteiger partial charge in [0.25, 0.3) is 0 Å². The van der Waals surface area contributed by atoms with Crippen molar-refractivity contribution in [2.24, 2.45) is 5.41 Å². The van der Waals surface area contributed by atoms with Gasteiger partial charge in [-0.2, -0.15) is 0 Å². The molecule has 0 aliphatic carbocycles. The van der Waals surface area contributed by atoms with Crippen molar-refractivity contribution in [2.75, 3.05) is 6.54 Å². The Bertz CT molecular complexity index is 375. The highest BCUT2D eigenvalue weighted by atomic mass is 16.3. The fourth-order valence-corrected chi connectivity index (χ4v) is 2.69. The summed E-state index contributed by atoms with van der Waals surface area (Å²) in [6, 6.07) is 7.69. The fourth-order valence-electron chi connectivity index (χ4n) is 2.69. The molecule has 2 rings (SSSR count). The molecule has 0 radical (unpaired) electrons. The van der Waals surface area contributed by atoms with E-state index in [1.807, 2.05) is 18.2 Å². The predicted octanol–water partition coefficient (Wildman–Crippen LogP) is 3.02. The minimum absolute atomic E-state index is 0.0103. The van der Waals surface area contributed by atoms with Crippen LogP contribution in [0.5, 0.6) is 5.75 Å². The second kappa shape index (κ2) is 3.77. The van der Waals surface area contributed by atoms with Crippen molar-refractivity contribution >= 4 is 0 Å². The van der Waals surface area contributed by atoms with Crippen LogP contribution in [0, 0.1) is 5.41 Å². The van der Waals surface area contributed by atoms with E-state index in [2.05, 4.69) is 26.1 Å². The molecule has 0 bridgehead atoms. The quantitative estimate of drug-likeness (QED) is 0.801. The van der Waals surface area contributed by atoms with E-state index >= 15 is 0 Å². The molecular weight excluding hydrogens is 198 g/mol. The topological polar surface area (TPSA) is 32.3 Å². The van der Waals surface area contributed by atoms with Gasteiger partial charge in [0.15, 0.2) is 0 Å². The Morgan fingerprint density at radius 2 is 1.94 bits per heavy atom. The van der Waals surface area contributed by atoms with E-state index < -0.39 is 0 Å². The summed E-state index contributed by atoms with van der Waals surface area (Å²) >= 11 is 0. The Morgan fingerprint density at radius 3 is 2.38 bits per heavy atom. The highest BCUT2D eigenvalue weighted by molar-refractivity contribution is 5.39. The largest absolute Gasteiger partial charge is 0.508 e. The Kier molecular flexibility index (Phi) is 2.70. The first kappa shape index (κ1) is 11.5. The van der Waals surface area contributed by atoms with Crippen molar-refractivity contribution < 1.29 is 5.11 Å². The van der Waals surface area contributed by atoms with E-state index in [1.54, 1.807) is 6.07 Å². The molecule has 2 nitrogen and oxygen atoms in total. The SMILES string of the molecule is CC(C)(C)CC1(c2ccccc2O)CCN1. The van der Waals surface area contributed by atoms with Crippen molar-refractivity contribution in [3.05, 3.63) is 29.8 Å². The molecule has 16 heavy (non-hydrogen) atoms. The zero-order valence-corrected chi connectivity index (χ0v) is 10.4. The molecular formula is C14H21NO. The van der Waals surface area contributed by atoms with Crippen molar-refractivity contribution in [3.8, 4) is 5.75 Å². The number of phenols is 1. The van der Waals surface area contributed by atoms with Crippen LogP contribution in [0.2, 0.25) is 0 Å². The van der Waals surface area contributed by atoms with Crippen LogP contribution in [0.4, 0.5) is 0 Å². The number of hydrogen-bond donors (Lipinski definition) is 2. The third-order valence-corrected chi connectivity index (χ3v) is 3.27. The lowest BCUT2D eigenvalue weighted by molar-refractivity contribution is 0.128. The minimum atomic E-state index is -0.0103. The number of rotatable bonds is 2. The number of aromatic hydroxyl groups is 1. The van der Waals surface area contributed by atoms with Crippen LogP contribution in [0.15, 0.2) is 24.3 Å². The molecule has 1 aliphatic rings. The molecule has 0 aromatic heterocycles. The number of nitrogens with one attached hydrogen (secondary N) is 1. The number of para-hydroxylation sites is 1. The summed E-state index contributed by atoms with van der Waals surface area (Å²) < 4.78 is 0. The highest BCUT2D eigenvalue weighted by Gasteiger charge is 2.42. The number of phenolic OH excluding ortho intramolecular Hbond substituents is 1. The Hall–Kier alpha value is -1.02. The van der Waals surface area contributed by atoms with E-state index in [-0.39, 0.29) is 11.0 Å². The Labute approximate surface area is 97.7 Å². The maximum atomic E-state index is 9.97. The molecule has 1 heterocycles. The van der Waals surface area contributed by atoms with E-state index in [1.165, 1.54) is 0 Å². The first-order valence-electron chi connectivity index (χ1n) is 5.97. The zero-order valence-electron chi connectivity index (χ0n) is 10.4. The van der Waals surface area contributed by atoms with Gasteiger partial charge in [-0.05, 0) is 30.9 Å². The van der Waals surface area contributed by atoms with Crippen molar-refractivity contribution in [2.45, 2.75) is 39.2 Å². The van der Waals surface area contributed by atoms with Gasteiger partial charge in [0, 0.05) is 11.1 Å². The molecule has 1 aromatic rings. The van der Waals surface area contributed by atoms with Crippen LogP contribution in [0.1, 0.15) is 39.2 Å². The van der Waals surface area contributed by atoms with Crippen LogP contribution >= 0.6 is 0 Å². The third kappa shape index (κ3) is 2.07. The molecule has 2 heteroatoms. The molecule has 0 saturated carbocycles. The molecule has 88 valence electrons. The van der Waals surface area contributed by atoms with Gasteiger partial charge in [-0.25, -0.2) is 0 Å². The van der Waals surface area contributed by atoms with Gasteiger partial charge in [0.05, 0.1) is 0 Å². The lowest BCUT2D eigenvalue weighted by atomic mass is 9.70. The molecule has 1 aromatic carbocycles. The average molecular weight is 219 g/mol. The minimum Gasteiger partial charge on any atom is -0.508 e. The molecule has 0 amide bonds. The van der Waals surface area contributed by atoms with Gasteiger partial charge >= 0.3 is 0 Å². The highest BCUT2D eigenvalue weighted by Crippen LogP contribution is 2.44. The smallest absolute Gasteiger partial charge is 0.120 e. The molecule has 1 atom stereocenters. The van der Waals surface area contributed by atoms with Crippen LogP contribution in [-0.4, -0.2) is 11.7 Å². The Morgan fingerprint density at radius 1 is 1.31 bits per heavy atom. The lowest BCUT2D eigenvalue weighted by Crippen LogP contribution is -2.55. The maximum Gasteiger partial charge on any atom is 0.120 e. The van der Waals surface area contributed by atoms with Gasteiger partial charge in [0.2, 0.25) is 0 Å². The van der Waals surface area contributed by atoms with Crippen molar-refractivity contribution in [3.63, 3.8) is 0 Å². The first-order chi connectivity index (χ1) is 7.43. The van der Waals surface area contributed by atoms with Crippen LogP contribution in [-0.2, 0) is 5.54 Å². The molecule has 0 spiro atoms. The number of benzene rings is 1. The van der Waals surface area contributed by atoms with Crippen molar-refractivity contribution in [1.29, 1.82) is 0 Å². The monoisotopic (exact) mass is 219 g/mol. The van der Waals surface area contributed by atoms with Gasteiger partial charge in [-0.15, -0.1) is 0 Å². The van der Waals surface area contributed by atoms with Crippen LogP contribution in [0.25, 0.3) is 0 Å². The van der Waals surface area contributed by atoms with Gasteiger partial charge in [-0.1, -0.05) is 39.0 Å². The predicted molar refractivity (Wildman–Crippen MR) is 66.5 cm³/mol. The van der Waals surface area contributed by atoms with Gasteiger partial charge < -0.3 is 10.4 Å². The first-order valence-corrected chi connectivity index (χ1v) is 5.97. The summed E-state index contributed by atoms with van der Waals surface area (Å²) in [6.45, 7) is 7.78. The lowest BCUT2D eigenvalue weighted by Gasteiger charge is -2.47. The summed E-state index contributed by atoms with van der Waals surface area (Å²) in [5.74, 6) is 0.416. The van der Waals surface area contributed by atoms with E-state index in [4.69, 9.17) is 0 Å². The third-order valence-electron chi connectivity index (χ3n) is 3.27. The molecule has 1 unspecified atom stereocenters. The van der Waals surface area contributed by atoms with E-state index in [0.717, 1.165) is 24.9 Å². The Balaban J connectivity index is 2.32. The average Bonchev–Trinajstić information content (AvgIpc) is 2.11. The summed E-state index contributed by atoms with van der Waals surface area (Å²) in [5.41, 5.74) is 1.30. The second-order valence-corrected chi connectivity index (χ2v) is 6.01. The van der Waals surface area contributed by atoms with E-state index in [9.17, 15) is 5.11 Å². The summed E-state index contributed by atoms with van der Waals surface area (Å²) in [7, 11) is 0. The van der Waals surface area contributed by atoms with Crippen molar-refractivity contribution in [1.82, 2.24) is 5.32 Å². The summed E-state index contributed by atoms with van der Waals surface area (Å²) in [6.07, 6.45) is 2.17. The molecule has 2 N–H and O–H groups in total.